The molecular formula is C18H21NS. The third kappa shape index (κ3) is 3.25. The smallest absolute Gasteiger partial charge is 0.0193 e. The number of nitrogens with one attached hydrogen (secondary N) is 1. The van der Waals surface area contributed by atoms with Crippen LogP contribution in [-0.4, -0.2) is 18.8 Å². The monoisotopic (exact) mass is 283 g/mol. The highest BCUT2D eigenvalue weighted by molar-refractivity contribution is 7.99. The molecule has 2 aromatic rings. The molecule has 1 N–H and O–H groups in total. The number of rotatable bonds is 6. The second-order valence-corrected chi connectivity index (χ2v) is 6.53. The Bertz CT molecular complexity index is 526. The minimum atomic E-state index is 0.602. The molecule has 1 saturated carbocycles. The van der Waals surface area contributed by atoms with Crippen LogP contribution in [0.4, 0.5) is 0 Å². The molecule has 1 aliphatic carbocycles. The number of hydrogen-bond donors (Lipinski definition) is 1. The van der Waals surface area contributed by atoms with Crippen LogP contribution in [0.1, 0.15) is 17.9 Å². The minimum Gasteiger partial charge on any atom is -0.316 e. The van der Waals surface area contributed by atoms with Gasteiger partial charge in [0, 0.05) is 16.7 Å². The Balaban J connectivity index is 1.56. The molecule has 2 heteroatoms. The van der Waals surface area contributed by atoms with Gasteiger partial charge in [-0.05, 0) is 43.0 Å². The maximum Gasteiger partial charge on any atom is 0.0193 e. The van der Waals surface area contributed by atoms with E-state index in [2.05, 4.69) is 73.0 Å². The molecule has 3 rings (SSSR count). The van der Waals surface area contributed by atoms with Gasteiger partial charge in [-0.2, -0.15) is 0 Å². The van der Waals surface area contributed by atoms with E-state index in [1.165, 1.54) is 16.9 Å². The van der Waals surface area contributed by atoms with Gasteiger partial charge in [-0.3, -0.25) is 0 Å². The molecule has 3 atom stereocenters. The van der Waals surface area contributed by atoms with Crippen molar-refractivity contribution in [2.45, 2.75) is 23.3 Å². The summed E-state index contributed by atoms with van der Waals surface area (Å²) < 4.78 is 0. The van der Waals surface area contributed by atoms with Crippen LogP contribution >= 0.6 is 11.8 Å². The van der Waals surface area contributed by atoms with Crippen LogP contribution in [0, 0.1) is 5.92 Å². The second kappa shape index (κ2) is 6.47. The zero-order chi connectivity index (χ0) is 13.8. The zero-order valence-electron chi connectivity index (χ0n) is 11.8. The molecular weight excluding hydrogens is 262 g/mol. The summed E-state index contributed by atoms with van der Waals surface area (Å²) >= 11 is 1.96. The molecule has 104 valence electrons. The Morgan fingerprint density at radius 3 is 2.35 bits per heavy atom. The van der Waals surface area contributed by atoms with Gasteiger partial charge >= 0.3 is 0 Å². The van der Waals surface area contributed by atoms with Crippen molar-refractivity contribution < 1.29 is 0 Å². The first kappa shape index (κ1) is 13.7. The number of hydrogen-bond acceptors (Lipinski definition) is 2. The fraction of sp³-hybridized carbons (Fsp3) is 0.333. The summed E-state index contributed by atoms with van der Waals surface area (Å²) in [5.41, 5.74) is 1.50. The molecule has 3 unspecified atom stereocenters. The molecule has 0 bridgehead atoms. The van der Waals surface area contributed by atoms with Crippen LogP contribution in [0.3, 0.4) is 0 Å². The standard InChI is InChI=1S/C18H21NS/c1-19-18(13-20-15-10-6-3-7-11-15)17-12-16(17)14-8-4-2-5-9-14/h2-11,16-19H,12-13H2,1H3. The van der Waals surface area contributed by atoms with E-state index in [0.29, 0.717) is 6.04 Å². The zero-order valence-corrected chi connectivity index (χ0v) is 12.6. The van der Waals surface area contributed by atoms with E-state index in [4.69, 9.17) is 0 Å². The van der Waals surface area contributed by atoms with Crippen molar-refractivity contribution in [3.63, 3.8) is 0 Å². The summed E-state index contributed by atoms with van der Waals surface area (Å²) in [5, 5.41) is 3.51. The summed E-state index contributed by atoms with van der Waals surface area (Å²) in [5.74, 6) is 2.69. The van der Waals surface area contributed by atoms with E-state index in [1.54, 1.807) is 0 Å². The van der Waals surface area contributed by atoms with Crippen molar-refractivity contribution in [1.82, 2.24) is 5.32 Å². The first-order valence-electron chi connectivity index (χ1n) is 7.28. The van der Waals surface area contributed by atoms with E-state index in [9.17, 15) is 0 Å². The van der Waals surface area contributed by atoms with E-state index in [0.717, 1.165) is 17.6 Å². The average molecular weight is 283 g/mol. The molecule has 0 spiro atoms. The second-order valence-electron chi connectivity index (χ2n) is 5.44. The van der Waals surface area contributed by atoms with Gasteiger partial charge in [0.15, 0.2) is 0 Å². The van der Waals surface area contributed by atoms with Crippen molar-refractivity contribution in [3.05, 3.63) is 66.2 Å². The van der Waals surface area contributed by atoms with E-state index in [-0.39, 0.29) is 0 Å². The molecule has 20 heavy (non-hydrogen) atoms. The van der Waals surface area contributed by atoms with Gasteiger partial charge in [0.1, 0.15) is 0 Å². The molecule has 0 aromatic heterocycles. The lowest BCUT2D eigenvalue weighted by Gasteiger charge is -2.16. The predicted molar refractivity (Wildman–Crippen MR) is 87.3 cm³/mol. The SMILES string of the molecule is CNC(CSc1ccccc1)C1CC1c1ccccc1. The lowest BCUT2D eigenvalue weighted by atomic mass is 10.1. The highest BCUT2D eigenvalue weighted by Gasteiger charge is 2.42. The lowest BCUT2D eigenvalue weighted by Crippen LogP contribution is -2.30. The summed E-state index contributed by atoms with van der Waals surface area (Å²) in [6.45, 7) is 0. The Morgan fingerprint density at radius 1 is 1.05 bits per heavy atom. The third-order valence-corrected chi connectivity index (χ3v) is 5.26. The number of thioether (sulfide) groups is 1. The minimum absolute atomic E-state index is 0.602. The summed E-state index contributed by atoms with van der Waals surface area (Å²) in [4.78, 5) is 1.37. The molecule has 0 amide bonds. The number of benzene rings is 2. The van der Waals surface area contributed by atoms with Crippen molar-refractivity contribution in [2.75, 3.05) is 12.8 Å². The fourth-order valence-corrected chi connectivity index (χ4v) is 4.00. The molecule has 2 aromatic carbocycles. The first-order valence-corrected chi connectivity index (χ1v) is 8.27. The van der Waals surface area contributed by atoms with Gasteiger partial charge in [-0.1, -0.05) is 48.5 Å². The van der Waals surface area contributed by atoms with Gasteiger partial charge in [0.2, 0.25) is 0 Å². The fourth-order valence-electron chi connectivity index (χ4n) is 2.87. The Morgan fingerprint density at radius 2 is 1.70 bits per heavy atom. The van der Waals surface area contributed by atoms with Crippen LogP contribution < -0.4 is 5.32 Å². The van der Waals surface area contributed by atoms with E-state index in [1.807, 2.05) is 11.8 Å². The highest BCUT2D eigenvalue weighted by Crippen LogP contribution is 2.50. The molecule has 1 nitrogen and oxygen atoms in total. The van der Waals surface area contributed by atoms with Crippen LogP contribution in [0.2, 0.25) is 0 Å². The van der Waals surface area contributed by atoms with E-state index < -0.39 is 0 Å². The van der Waals surface area contributed by atoms with Gasteiger partial charge in [0.05, 0.1) is 0 Å². The summed E-state index contributed by atoms with van der Waals surface area (Å²) in [7, 11) is 2.09. The van der Waals surface area contributed by atoms with Gasteiger partial charge in [-0.15, -0.1) is 11.8 Å². The van der Waals surface area contributed by atoms with E-state index >= 15 is 0 Å². The van der Waals surface area contributed by atoms with Crippen molar-refractivity contribution in [3.8, 4) is 0 Å². The van der Waals surface area contributed by atoms with Crippen LogP contribution in [-0.2, 0) is 0 Å². The summed E-state index contributed by atoms with van der Waals surface area (Å²) in [6.07, 6.45) is 1.32. The normalized spacial score (nSPS) is 22.4. The predicted octanol–water partition coefficient (Wildman–Crippen LogP) is 4.17. The lowest BCUT2D eigenvalue weighted by molar-refractivity contribution is 0.542. The van der Waals surface area contributed by atoms with Crippen molar-refractivity contribution in [1.29, 1.82) is 0 Å². The first-order chi connectivity index (χ1) is 9.88. The maximum atomic E-state index is 3.51. The van der Waals surface area contributed by atoms with Crippen LogP contribution in [0.25, 0.3) is 0 Å². The Labute approximate surface area is 125 Å². The molecule has 0 saturated heterocycles. The Kier molecular flexibility index (Phi) is 4.44. The van der Waals surface area contributed by atoms with Crippen LogP contribution in [0.15, 0.2) is 65.6 Å². The van der Waals surface area contributed by atoms with Crippen molar-refractivity contribution >= 4 is 11.8 Å². The molecule has 0 radical (unpaired) electrons. The Hall–Kier alpha value is -1.25. The van der Waals surface area contributed by atoms with Gasteiger partial charge in [0.25, 0.3) is 0 Å². The third-order valence-electron chi connectivity index (χ3n) is 4.13. The topological polar surface area (TPSA) is 12.0 Å². The molecule has 1 aliphatic rings. The molecule has 1 fully saturated rings. The van der Waals surface area contributed by atoms with Crippen LogP contribution in [0.5, 0.6) is 0 Å². The molecule has 0 aliphatic heterocycles. The largest absolute Gasteiger partial charge is 0.316 e. The van der Waals surface area contributed by atoms with Gasteiger partial charge in [-0.25, -0.2) is 0 Å². The maximum absolute atomic E-state index is 3.51. The molecule has 0 heterocycles. The van der Waals surface area contributed by atoms with Gasteiger partial charge < -0.3 is 5.32 Å². The average Bonchev–Trinajstić information content (AvgIpc) is 3.30. The highest BCUT2D eigenvalue weighted by atomic mass is 32.2. The van der Waals surface area contributed by atoms with Crippen molar-refractivity contribution in [2.24, 2.45) is 5.92 Å². The summed E-state index contributed by atoms with van der Waals surface area (Å²) in [6, 6.07) is 22.2. The quantitative estimate of drug-likeness (QED) is 0.799.